The number of anilines is 1. The molecular weight excluding hydrogens is 273 g/mol. The molecule has 0 saturated heterocycles. The third-order valence-electron chi connectivity index (χ3n) is 4.18. The molecule has 0 fully saturated rings. The van der Waals surface area contributed by atoms with Gasteiger partial charge in [0.2, 0.25) is 0 Å². The van der Waals surface area contributed by atoms with Crippen molar-refractivity contribution in [1.82, 2.24) is 0 Å². The number of nitrogens with one attached hydrogen (secondary N) is 1. The van der Waals surface area contributed by atoms with Crippen molar-refractivity contribution in [3.8, 4) is 0 Å². The lowest BCUT2D eigenvalue weighted by Crippen LogP contribution is -2.26. The highest BCUT2D eigenvalue weighted by Gasteiger charge is 2.27. The van der Waals surface area contributed by atoms with Gasteiger partial charge in [-0.2, -0.15) is 0 Å². The number of fused-ring (bicyclic) bond motifs is 2. The van der Waals surface area contributed by atoms with Gasteiger partial charge in [0.25, 0.3) is 0 Å². The van der Waals surface area contributed by atoms with Gasteiger partial charge in [0.1, 0.15) is 5.83 Å². The van der Waals surface area contributed by atoms with E-state index in [1.165, 1.54) is 11.6 Å². The van der Waals surface area contributed by atoms with E-state index in [9.17, 15) is 4.39 Å². The fourth-order valence-corrected chi connectivity index (χ4v) is 3.17. The maximum absolute atomic E-state index is 13.8. The fourth-order valence-electron chi connectivity index (χ4n) is 3.17. The number of benzene rings is 2. The van der Waals surface area contributed by atoms with Crippen LogP contribution in [-0.2, 0) is 0 Å². The van der Waals surface area contributed by atoms with Crippen molar-refractivity contribution in [1.29, 1.82) is 0 Å². The molecule has 1 aliphatic carbocycles. The smallest absolute Gasteiger partial charge is 0.123 e. The van der Waals surface area contributed by atoms with Gasteiger partial charge < -0.3 is 5.32 Å². The third-order valence-corrected chi connectivity index (χ3v) is 4.18. The molecule has 22 heavy (non-hydrogen) atoms. The molecule has 1 unspecified atom stereocenters. The average Bonchev–Trinajstić information content (AvgIpc) is 2.54. The molecule has 2 heteroatoms. The van der Waals surface area contributed by atoms with E-state index in [4.69, 9.17) is 0 Å². The zero-order chi connectivity index (χ0) is 15.1. The Morgan fingerprint density at radius 1 is 1.05 bits per heavy atom. The molecule has 1 atom stereocenters. The van der Waals surface area contributed by atoms with E-state index >= 15 is 0 Å². The maximum Gasteiger partial charge on any atom is 0.123 e. The predicted molar refractivity (Wildman–Crippen MR) is 89.4 cm³/mol. The standard InChI is InChI=1S/C20H16FN/c1-13-7-9-18-16(11-13)20(14-5-3-2-4-6-14)17-12-15(21)8-10-19(17)22-18/h2-12,19,22H,1H3. The summed E-state index contributed by atoms with van der Waals surface area (Å²) in [5.74, 6) is -0.197. The number of halogens is 1. The van der Waals surface area contributed by atoms with Gasteiger partial charge in [-0.25, -0.2) is 4.39 Å². The lowest BCUT2D eigenvalue weighted by Gasteiger charge is -2.31. The number of allylic oxidation sites excluding steroid dienone is 2. The summed E-state index contributed by atoms with van der Waals surface area (Å²) in [6.07, 6.45) is 5.06. The minimum atomic E-state index is -0.197. The number of hydrogen-bond acceptors (Lipinski definition) is 1. The van der Waals surface area contributed by atoms with Crippen LogP contribution in [0, 0.1) is 6.92 Å². The van der Waals surface area contributed by atoms with Gasteiger partial charge in [-0.3, -0.25) is 0 Å². The fraction of sp³-hybridized carbons (Fsp3) is 0.100. The van der Waals surface area contributed by atoms with Gasteiger partial charge in [0, 0.05) is 11.3 Å². The van der Waals surface area contributed by atoms with Crippen LogP contribution in [0.2, 0.25) is 0 Å². The molecule has 108 valence electrons. The topological polar surface area (TPSA) is 12.0 Å². The first kappa shape index (κ1) is 13.1. The van der Waals surface area contributed by atoms with Gasteiger partial charge in [-0.15, -0.1) is 0 Å². The van der Waals surface area contributed by atoms with E-state index in [0.717, 1.165) is 28.0 Å². The van der Waals surface area contributed by atoms with Crippen LogP contribution in [0.5, 0.6) is 0 Å². The molecule has 1 heterocycles. The normalized spacial score (nSPS) is 19.2. The summed E-state index contributed by atoms with van der Waals surface area (Å²) in [7, 11) is 0. The zero-order valence-corrected chi connectivity index (χ0v) is 12.3. The Morgan fingerprint density at radius 3 is 2.68 bits per heavy atom. The van der Waals surface area contributed by atoms with Crippen LogP contribution in [-0.4, -0.2) is 6.04 Å². The zero-order valence-electron chi connectivity index (χ0n) is 12.3. The first-order valence-corrected chi connectivity index (χ1v) is 7.45. The van der Waals surface area contributed by atoms with Crippen molar-refractivity contribution in [2.45, 2.75) is 13.0 Å². The second kappa shape index (κ2) is 4.99. The van der Waals surface area contributed by atoms with Crippen molar-refractivity contribution < 1.29 is 4.39 Å². The summed E-state index contributed by atoms with van der Waals surface area (Å²) in [5.41, 5.74) is 6.65. The summed E-state index contributed by atoms with van der Waals surface area (Å²) in [5, 5.41) is 3.49. The molecule has 1 aliphatic heterocycles. The molecule has 2 aromatic rings. The third kappa shape index (κ3) is 2.08. The van der Waals surface area contributed by atoms with Crippen LogP contribution in [0.1, 0.15) is 16.7 Å². The second-order valence-corrected chi connectivity index (χ2v) is 5.76. The summed E-state index contributed by atoms with van der Waals surface area (Å²) >= 11 is 0. The Labute approximate surface area is 129 Å². The number of aryl methyl sites for hydroxylation is 1. The summed E-state index contributed by atoms with van der Waals surface area (Å²) < 4.78 is 13.8. The summed E-state index contributed by atoms with van der Waals surface area (Å²) in [6.45, 7) is 2.08. The van der Waals surface area contributed by atoms with Crippen LogP contribution >= 0.6 is 0 Å². The van der Waals surface area contributed by atoms with E-state index in [1.54, 1.807) is 6.08 Å². The van der Waals surface area contributed by atoms with Gasteiger partial charge in [0.05, 0.1) is 6.04 Å². The lowest BCUT2D eigenvalue weighted by atomic mass is 9.83. The SMILES string of the molecule is Cc1ccc2c(c1)C(c1ccccc1)=C1C=C(F)C=CC1N2. The van der Waals surface area contributed by atoms with Crippen LogP contribution in [0.25, 0.3) is 5.57 Å². The van der Waals surface area contributed by atoms with E-state index in [-0.39, 0.29) is 11.9 Å². The van der Waals surface area contributed by atoms with Gasteiger partial charge in [0.15, 0.2) is 0 Å². The van der Waals surface area contributed by atoms with E-state index in [1.807, 2.05) is 24.3 Å². The monoisotopic (exact) mass is 289 g/mol. The average molecular weight is 289 g/mol. The molecule has 2 aromatic carbocycles. The summed E-state index contributed by atoms with van der Waals surface area (Å²) in [6, 6.07) is 16.6. The van der Waals surface area contributed by atoms with Gasteiger partial charge in [-0.1, -0.05) is 48.0 Å². The molecule has 0 radical (unpaired) electrons. The Balaban J connectivity index is 2.03. The number of hydrogen-bond donors (Lipinski definition) is 1. The Kier molecular flexibility index (Phi) is 2.97. The minimum absolute atomic E-state index is 0.0184. The number of rotatable bonds is 1. The molecule has 0 spiro atoms. The Hall–Kier alpha value is -2.61. The van der Waals surface area contributed by atoms with Crippen LogP contribution < -0.4 is 5.32 Å². The Bertz CT molecular complexity index is 828. The maximum atomic E-state index is 13.8. The second-order valence-electron chi connectivity index (χ2n) is 5.76. The van der Waals surface area contributed by atoms with Crippen molar-refractivity contribution in [3.05, 3.63) is 94.8 Å². The van der Waals surface area contributed by atoms with E-state index in [2.05, 4.69) is 42.6 Å². The quantitative estimate of drug-likeness (QED) is 0.777. The molecular formula is C20H16FN. The molecule has 0 saturated carbocycles. The first-order chi connectivity index (χ1) is 10.7. The molecule has 1 N–H and O–H groups in total. The molecule has 0 aromatic heterocycles. The highest BCUT2D eigenvalue weighted by atomic mass is 19.1. The highest BCUT2D eigenvalue weighted by Crippen LogP contribution is 2.41. The largest absolute Gasteiger partial charge is 0.374 e. The van der Waals surface area contributed by atoms with Crippen molar-refractivity contribution in [3.63, 3.8) is 0 Å². The molecule has 0 bridgehead atoms. The molecule has 0 amide bonds. The summed E-state index contributed by atoms with van der Waals surface area (Å²) in [4.78, 5) is 0. The minimum Gasteiger partial charge on any atom is -0.374 e. The molecule has 4 rings (SSSR count). The first-order valence-electron chi connectivity index (χ1n) is 7.45. The van der Waals surface area contributed by atoms with Crippen LogP contribution in [0.15, 0.2) is 78.2 Å². The van der Waals surface area contributed by atoms with Crippen LogP contribution in [0.3, 0.4) is 0 Å². The van der Waals surface area contributed by atoms with Crippen LogP contribution in [0.4, 0.5) is 10.1 Å². The van der Waals surface area contributed by atoms with Crippen molar-refractivity contribution in [2.75, 3.05) is 5.32 Å². The predicted octanol–water partition coefficient (Wildman–Crippen LogP) is 5.01. The van der Waals surface area contributed by atoms with E-state index < -0.39 is 0 Å². The Morgan fingerprint density at radius 2 is 1.86 bits per heavy atom. The van der Waals surface area contributed by atoms with E-state index in [0.29, 0.717) is 0 Å². The van der Waals surface area contributed by atoms with Crippen molar-refractivity contribution >= 4 is 11.3 Å². The lowest BCUT2D eigenvalue weighted by molar-refractivity contribution is 0.659. The van der Waals surface area contributed by atoms with Gasteiger partial charge >= 0.3 is 0 Å². The van der Waals surface area contributed by atoms with Gasteiger partial charge in [-0.05, 0) is 47.9 Å². The molecule has 1 nitrogen and oxygen atoms in total. The highest BCUT2D eigenvalue weighted by molar-refractivity contribution is 5.93. The van der Waals surface area contributed by atoms with Crippen molar-refractivity contribution in [2.24, 2.45) is 0 Å². The molecule has 2 aliphatic rings.